The summed E-state index contributed by atoms with van der Waals surface area (Å²) < 4.78 is 18.4. The lowest BCUT2D eigenvalue weighted by Gasteiger charge is -2.37. The van der Waals surface area contributed by atoms with Gasteiger partial charge in [-0.1, -0.05) is 19.1 Å². The molecule has 1 fully saturated rings. The Bertz CT molecular complexity index is 662. The largest absolute Gasteiger partial charge is 0.467 e. The quantitative estimate of drug-likeness (QED) is 0.864. The summed E-state index contributed by atoms with van der Waals surface area (Å²) in [6, 6.07) is 10.7. The number of halogens is 1. The summed E-state index contributed by atoms with van der Waals surface area (Å²) in [4.78, 5) is 14.7. The van der Waals surface area contributed by atoms with E-state index in [0.717, 1.165) is 43.7 Å². The average molecular weight is 344 g/mol. The minimum atomic E-state index is -0.203. The van der Waals surface area contributed by atoms with Gasteiger partial charge in [0, 0.05) is 12.0 Å². The fourth-order valence-electron chi connectivity index (χ4n) is 3.59. The van der Waals surface area contributed by atoms with E-state index >= 15 is 0 Å². The molecule has 1 N–H and O–H groups in total. The van der Waals surface area contributed by atoms with Gasteiger partial charge in [-0.15, -0.1) is 0 Å². The Kier molecular flexibility index (Phi) is 5.87. The van der Waals surface area contributed by atoms with Gasteiger partial charge in [0.2, 0.25) is 5.91 Å². The molecule has 0 radical (unpaired) electrons. The van der Waals surface area contributed by atoms with Crippen molar-refractivity contribution in [1.82, 2.24) is 10.2 Å². The van der Waals surface area contributed by atoms with Gasteiger partial charge in [0.25, 0.3) is 0 Å². The van der Waals surface area contributed by atoms with Crippen LogP contribution >= 0.6 is 0 Å². The Morgan fingerprint density at radius 2 is 2.00 bits per heavy atom. The van der Waals surface area contributed by atoms with Gasteiger partial charge in [0.1, 0.15) is 11.6 Å². The van der Waals surface area contributed by atoms with Crippen LogP contribution < -0.4 is 5.32 Å². The van der Waals surface area contributed by atoms with Crippen LogP contribution in [0.4, 0.5) is 4.39 Å². The van der Waals surface area contributed by atoms with Crippen LogP contribution in [-0.2, 0) is 11.3 Å². The van der Waals surface area contributed by atoms with Gasteiger partial charge >= 0.3 is 0 Å². The van der Waals surface area contributed by atoms with Crippen molar-refractivity contribution in [2.24, 2.45) is 5.92 Å². The van der Waals surface area contributed by atoms with E-state index in [0.29, 0.717) is 6.54 Å². The lowest BCUT2D eigenvalue weighted by Crippen LogP contribution is -2.41. The fourth-order valence-corrected chi connectivity index (χ4v) is 3.59. The molecule has 0 spiro atoms. The van der Waals surface area contributed by atoms with Crippen LogP contribution in [0.25, 0.3) is 0 Å². The van der Waals surface area contributed by atoms with Gasteiger partial charge in [0.15, 0.2) is 0 Å². The highest BCUT2D eigenvalue weighted by Gasteiger charge is 2.28. The molecule has 1 aromatic carbocycles. The van der Waals surface area contributed by atoms with E-state index in [1.165, 1.54) is 12.1 Å². The van der Waals surface area contributed by atoms with Crippen LogP contribution in [0.15, 0.2) is 47.1 Å². The van der Waals surface area contributed by atoms with Crippen molar-refractivity contribution in [2.45, 2.75) is 38.8 Å². The number of nitrogens with one attached hydrogen (secondary N) is 1. The van der Waals surface area contributed by atoms with E-state index in [2.05, 4.69) is 17.1 Å². The minimum Gasteiger partial charge on any atom is -0.467 e. The topological polar surface area (TPSA) is 45.5 Å². The first kappa shape index (κ1) is 17.7. The molecule has 1 atom stereocenters. The molecule has 4 nitrogen and oxygen atoms in total. The van der Waals surface area contributed by atoms with E-state index in [1.54, 1.807) is 6.26 Å². The van der Waals surface area contributed by atoms with Crippen LogP contribution in [0, 0.1) is 11.7 Å². The number of piperidine rings is 1. The monoisotopic (exact) mass is 344 g/mol. The van der Waals surface area contributed by atoms with Crippen molar-refractivity contribution in [3.05, 3.63) is 59.8 Å². The molecule has 1 saturated heterocycles. The number of carbonyl (C=O) groups excluding carboxylic acids is 1. The second kappa shape index (κ2) is 8.30. The molecular formula is C20H25FN2O2. The fraction of sp³-hybridized carbons (Fsp3) is 0.450. The summed E-state index contributed by atoms with van der Waals surface area (Å²) in [5.74, 6) is 0.724. The highest BCUT2D eigenvalue weighted by Crippen LogP contribution is 2.29. The zero-order valence-electron chi connectivity index (χ0n) is 14.6. The van der Waals surface area contributed by atoms with Crippen molar-refractivity contribution in [1.29, 1.82) is 0 Å². The van der Waals surface area contributed by atoms with Crippen LogP contribution in [0.5, 0.6) is 0 Å². The Morgan fingerprint density at radius 1 is 1.28 bits per heavy atom. The van der Waals surface area contributed by atoms with Gasteiger partial charge in [-0.3, -0.25) is 9.69 Å². The molecule has 0 saturated carbocycles. The van der Waals surface area contributed by atoms with E-state index in [-0.39, 0.29) is 23.7 Å². The number of carbonyl (C=O) groups is 1. The minimum absolute atomic E-state index is 0.0527. The predicted octanol–water partition coefficient (Wildman–Crippen LogP) is 3.90. The molecule has 0 unspecified atom stereocenters. The first-order valence-corrected chi connectivity index (χ1v) is 8.97. The third-order valence-corrected chi connectivity index (χ3v) is 5.00. The van der Waals surface area contributed by atoms with Crippen LogP contribution in [0.3, 0.4) is 0 Å². The Balaban J connectivity index is 1.51. The zero-order chi connectivity index (χ0) is 17.6. The standard InChI is InChI=1S/C20H25FN2O2/c1-2-19(15-5-7-17(21)8-6-15)23-11-9-16(10-12-23)20(24)22-14-18-4-3-13-25-18/h3-8,13,16,19H,2,9-12,14H2,1H3,(H,22,24)/t19-/m0/s1. The van der Waals surface area contributed by atoms with Crippen LogP contribution in [-0.4, -0.2) is 23.9 Å². The maximum absolute atomic E-state index is 13.1. The number of likely N-dealkylation sites (tertiary alicyclic amines) is 1. The van der Waals surface area contributed by atoms with Gasteiger partial charge in [0.05, 0.1) is 12.8 Å². The average Bonchev–Trinajstić information content (AvgIpc) is 3.16. The first-order valence-electron chi connectivity index (χ1n) is 8.97. The predicted molar refractivity (Wildman–Crippen MR) is 94.3 cm³/mol. The van der Waals surface area contributed by atoms with Crippen LogP contribution in [0.2, 0.25) is 0 Å². The highest BCUT2D eigenvalue weighted by molar-refractivity contribution is 5.78. The van der Waals surface area contributed by atoms with E-state index in [4.69, 9.17) is 4.42 Å². The molecule has 1 aliphatic rings. The molecule has 2 heterocycles. The van der Waals surface area contributed by atoms with Gasteiger partial charge in [-0.05, 0) is 62.2 Å². The van der Waals surface area contributed by atoms with E-state index in [9.17, 15) is 9.18 Å². The normalized spacial score (nSPS) is 17.4. The third-order valence-electron chi connectivity index (χ3n) is 5.00. The smallest absolute Gasteiger partial charge is 0.223 e. The van der Waals surface area contributed by atoms with Gasteiger partial charge in [-0.2, -0.15) is 0 Å². The molecule has 3 rings (SSSR count). The molecular weight excluding hydrogens is 319 g/mol. The zero-order valence-corrected chi connectivity index (χ0v) is 14.6. The van der Waals surface area contributed by atoms with Crippen molar-refractivity contribution < 1.29 is 13.6 Å². The molecule has 0 bridgehead atoms. The Morgan fingerprint density at radius 3 is 2.60 bits per heavy atom. The molecule has 25 heavy (non-hydrogen) atoms. The first-order chi connectivity index (χ1) is 12.2. The summed E-state index contributed by atoms with van der Waals surface area (Å²) in [5, 5.41) is 2.96. The van der Waals surface area contributed by atoms with Crippen molar-refractivity contribution in [3.8, 4) is 0 Å². The summed E-state index contributed by atoms with van der Waals surface area (Å²) in [6.45, 7) is 4.36. The third kappa shape index (κ3) is 4.48. The maximum Gasteiger partial charge on any atom is 0.223 e. The number of benzene rings is 1. The molecule has 1 amide bonds. The van der Waals surface area contributed by atoms with E-state index in [1.807, 2.05) is 24.3 Å². The molecule has 5 heteroatoms. The van der Waals surface area contributed by atoms with Crippen molar-refractivity contribution in [2.75, 3.05) is 13.1 Å². The highest BCUT2D eigenvalue weighted by atomic mass is 19.1. The molecule has 134 valence electrons. The molecule has 1 aromatic heterocycles. The lowest BCUT2D eigenvalue weighted by molar-refractivity contribution is -0.126. The number of hydrogen-bond acceptors (Lipinski definition) is 3. The van der Waals surface area contributed by atoms with Gasteiger partial charge in [-0.25, -0.2) is 4.39 Å². The second-order valence-corrected chi connectivity index (χ2v) is 6.58. The number of furan rings is 1. The number of hydrogen-bond donors (Lipinski definition) is 1. The van der Waals surface area contributed by atoms with Gasteiger partial charge < -0.3 is 9.73 Å². The molecule has 1 aliphatic heterocycles. The Hall–Kier alpha value is -2.14. The van der Waals surface area contributed by atoms with Crippen molar-refractivity contribution in [3.63, 3.8) is 0 Å². The maximum atomic E-state index is 13.1. The summed E-state index contributed by atoms with van der Waals surface area (Å²) >= 11 is 0. The summed E-state index contributed by atoms with van der Waals surface area (Å²) in [6.07, 6.45) is 4.28. The van der Waals surface area contributed by atoms with E-state index < -0.39 is 0 Å². The molecule has 0 aliphatic carbocycles. The molecule has 2 aromatic rings. The number of nitrogens with zero attached hydrogens (tertiary/aromatic N) is 1. The van der Waals surface area contributed by atoms with Crippen LogP contribution in [0.1, 0.15) is 43.6 Å². The second-order valence-electron chi connectivity index (χ2n) is 6.58. The number of rotatable bonds is 6. The SMILES string of the molecule is CC[C@@H](c1ccc(F)cc1)N1CCC(C(=O)NCc2ccco2)CC1. The van der Waals surface area contributed by atoms with Crippen molar-refractivity contribution >= 4 is 5.91 Å². The number of amides is 1. The Labute approximate surface area is 148 Å². The summed E-state index contributed by atoms with van der Waals surface area (Å²) in [5.41, 5.74) is 1.14. The lowest BCUT2D eigenvalue weighted by atomic mass is 9.92. The summed E-state index contributed by atoms with van der Waals surface area (Å²) in [7, 11) is 0.